The minimum atomic E-state index is -0.0922. The summed E-state index contributed by atoms with van der Waals surface area (Å²) in [7, 11) is 2.09. The van der Waals surface area contributed by atoms with Crippen molar-refractivity contribution in [1.29, 1.82) is 0 Å². The number of hydrogen-bond acceptors (Lipinski definition) is 6. The molecule has 6 nitrogen and oxygen atoms in total. The fourth-order valence-corrected chi connectivity index (χ4v) is 6.25. The van der Waals surface area contributed by atoms with Crippen molar-refractivity contribution in [1.82, 2.24) is 4.90 Å². The van der Waals surface area contributed by atoms with Crippen LogP contribution in [0.15, 0.2) is 52.4 Å². The number of thioether (sulfide) groups is 1. The molecule has 3 heterocycles. The Hall–Kier alpha value is -2.74. The van der Waals surface area contributed by atoms with Crippen molar-refractivity contribution in [3.63, 3.8) is 0 Å². The van der Waals surface area contributed by atoms with Crippen molar-refractivity contribution in [2.45, 2.75) is 33.2 Å². The van der Waals surface area contributed by atoms with Gasteiger partial charge in [0, 0.05) is 48.6 Å². The van der Waals surface area contributed by atoms with Crippen LogP contribution in [-0.2, 0) is 9.53 Å². The Kier molecular flexibility index (Phi) is 7.14. The van der Waals surface area contributed by atoms with Crippen LogP contribution in [0.1, 0.15) is 38.8 Å². The summed E-state index contributed by atoms with van der Waals surface area (Å²) in [6.07, 6.45) is 4.17. The molecule has 3 aliphatic heterocycles. The number of rotatable bonds is 4. The molecule has 2 aromatic rings. The van der Waals surface area contributed by atoms with Crippen LogP contribution in [-0.4, -0.2) is 61.4 Å². The van der Waals surface area contributed by atoms with Crippen LogP contribution in [0.3, 0.4) is 0 Å². The molecule has 0 saturated carbocycles. The van der Waals surface area contributed by atoms with Gasteiger partial charge in [0.2, 0.25) is 0 Å². The standard InChI is InChI=1S/C29H33ClN4O2S/c1-6-34-27(35)26(16-20-15-23-19(2)18-29(3,4)32(5)25(23)17-24(20)30)37-28(34)31-21-7-9-22(10-8-21)33-11-13-36-14-12-33/h7-10,15-18H,6,11-14H2,1-5H3/b26-16-,31-28?. The molecule has 2 fully saturated rings. The lowest BCUT2D eigenvalue weighted by atomic mass is 9.88. The van der Waals surface area contributed by atoms with Crippen LogP contribution >= 0.6 is 23.4 Å². The number of carbonyl (C=O) groups excluding carboxylic acids is 1. The van der Waals surface area contributed by atoms with Crippen molar-refractivity contribution >= 4 is 63.1 Å². The lowest BCUT2D eigenvalue weighted by Crippen LogP contribution is -2.42. The summed E-state index contributed by atoms with van der Waals surface area (Å²) in [5.41, 5.74) is 6.17. The van der Waals surface area contributed by atoms with Crippen molar-refractivity contribution in [3.05, 3.63) is 63.5 Å². The summed E-state index contributed by atoms with van der Waals surface area (Å²) >= 11 is 8.14. The van der Waals surface area contributed by atoms with E-state index >= 15 is 0 Å². The fourth-order valence-electron chi connectivity index (χ4n) is 4.98. The van der Waals surface area contributed by atoms with Crippen LogP contribution in [0.4, 0.5) is 17.1 Å². The number of morpholine rings is 1. The SMILES string of the molecule is CCN1C(=O)/C(=C/c2cc3c(cc2Cl)N(C)C(C)(C)C=C3C)SC1=Nc1ccc(N2CCOCC2)cc1. The van der Waals surface area contributed by atoms with Gasteiger partial charge in [0.1, 0.15) is 0 Å². The Morgan fingerprint density at radius 3 is 2.54 bits per heavy atom. The molecule has 1 amide bonds. The highest BCUT2D eigenvalue weighted by molar-refractivity contribution is 8.18. The molecular weight excluding hydrogens is 504 g/mol. The molecule has 0 atom stereocenters. The topological polar surface area (TPSA) is 48.4 Å². The van der Waals surface area contributed by atoms with Crippen LogP contribution in [0, 0.1) is 0 Å². The van der Waals surface area contributed by atoms with Gasteiger partial charge in [-0.3, -0.25) is 9.69 Å². The number of benzene rings is 2. The van der Waals surface area contributed by atoms with Gasteiger partial charge in [-0.1, -0.05) is 17.7 Å². The normalized spacial score (nSPS) is 21.6. The summed E-state index contributed by atoms with van der Waals surface area (Å²) in [5.74, 6) is -0.0458. The van der Waals surface area contributed by atoms with E-state index in [1.54, 1.807) is 4.90 Å². The van der Waals surface area contributed by atoms with Crippen molar-refractivity contribution < 1.29 is 9.53 Å². The van der Waals surface area contributed by atoms with Gasteiger partial charge in [0.15, 0.2) is 5.17 Å². The molecule has 2 aromatic carbocycles. The highest BCUT2D eigenvalue weighted by atomic mass is 35.5. The third-order valence-electron chi connectivity index (χ3n) is 7.28. The zero-order valence-corrected chi connectivity index (χ0v) is 23.6. The van der Waals surface area contributed by atoms with Crippen LogP contribution in [0.2, 0.25) is 5.02 Å². The first-order chi connectivity index (χ1) is 17.7. The smallest absolute Gasteiger partial charge is 0.266 e. The first kappa shape index (κ1) is 25.9. The number of amidine groups is 1. The van der Waals surface area contributed by atoms with Crippen LogP contribution < -0.4 is 9.80 Å². The maximum Gasteiger partial charge on any atom is 0.266 e. The summed E-state index contributed by atoms with van der Waals surface area (Å²) in [6.45, 7) is 12.3. The quantitative estimate of drug-likeness (QED) is 0.421. The lowest BCUT2D eigenvalue weighted by Gasteiger charge is -2.40. The van der Waals surface area contributed by atoms with E-state index in [9.17, 15) is 4.79 Å². The molecule has 0 radical (unpaired) electrons. The summed E-state index contributed by atoms with van der Waals surface area (Å²) < 4.78 is 5.45. The zero-order chi connectivity index (χ0) is 26.3. The number of fused-ring (bicyclic) bond motifs is 1. The second-order valence-corrected chi connectivity index (χ2v) is 11.5. The van der Waals surface area contributed by atoms with Crippen LogP contribution in [0.25, 0.3) is 11.6 Å². The number of nitrogens with zero attached hydrogens (tertiary/aromatic N) is 4. The second kappa shape index (κ2) is 10.2. The van der Waals surface area contributed by atoms with Crippen molar-refractivity contribution in [2.24, 2.45) is 4.99 Å². The minimum Gasteiger partial charge on any atom is -0.378 e. The van der Waals surface area contributed by atoms with E-state index in [1.165, 1.54) is 17.3 Å². The molecule has 194 valence electrons. The van der Waals surface area contributed by atoms with E-state index in [-0.39, 0.29) is 11.4 Å². The number of carbonyl (C=O) groups is 1. The summed E-state index contributed by atoms with van der Waals surface area (Å²) in [5, 5.41) is 1.31. The van der Waals surface area contributed by atoms with Crippen LogP contribution in [0.5, 0.6) is 0 Å². The predicted octanol–water partition coefficient (Wildman–Crippen LogP) is 6.43. The summed E-state index contributed by atoms with van der Waals surface area (Å²) in [6, 6.07) is 12.3. The first-order valence-electron chi connectivity index (χ1n) is 12.7. The maximum atomic E-state index is 13.3. The van der Waals surface area contributed by atoms with E-state index in [2.05, 4.69) is 61.9 Å². The van der Waals surface area contributed by atoms with E-state index in [0.717, 1.165) is 54.5 Å². The largest absolute Gasteiger partial charge is 0.378 e. The van der Waals surface area contributed by atoms with Gasteiger partial charge < -0.3 is 14.5 Å². The number of likely N-dealkylation sites (N-methyl/N-ethyl adjacent to an activating group) is 2. The molecular formula is C29H33ClN4O2S. The molecule has 0 bridgehead atoms. The molecule has 3 aliphatic rings. The van der Waals surface area contributed by atoms with E-state index < -0.39 is 0 Å². The lowest BCUT2D eigenvalue weighted by molar-refractivity contribution is -0.122. The Morgan fingerprint density at radius 1 is 1.16 bits per heavy atom. The molecule has 2 saturated heterocycles. The molecule has 0 aliphatic carbocycles. The zero-order valence-electron chi connectivity index (χ0n) is 22.0. The Bertz CT molecular complexity index is 1310. The highest BCUT2D eigenvalue weighted by Gasteiger charge is 2.33. The number of amides is 1. The monoisotopic (exact) mass is 536 g/mol. The van der Waals surface area contributed by atoms with Gasteiger partial charge in [-0.25, -0.2) is 4.99 Å². The van der Waals surface area contributed by atoms with Gasteiger partial charge >= 0.3 is 0 Å². The molecule has 5 rings (SSSR count). The number of ether oxygens (including phenoxy) is 1. The molecule has 8 heteroatoms. The number of anilines is 2. The van der Waals surface area contributed by atoms with Gasteiger partial charge in [0.05, 0.1) is 29.3 Å². The molecule has 0 aromatic heterocycles. The Labute approximate surface area is 228 Å². The van der Waals surface area contributed by atoms with E-state index in [0.29, 0.717) is 21.6 Å². The van der Waals surface area contributed by atoms with Crippen molar-refractivity contribution in [3.8, 4) is 0 Å². The molecule has 0 unspecified atom stereocenters. The Morgan fingerprint density at radius 2 is 1.86 bits per heavy atom. The van der Waals surface area contributed by atoms with E-state index in [1.807, 2.05) is 31.2 Å². The highest BCUT2D eigenvalue weighted by Crippen LogP contribution is 2.42. The third kappa shape index (κ3) is 5.05. The van der Waals surface area contributed by atoms with Gasteiger partial charge in [-0.15, -0.1) is 0 Å². The first-order valence-corrected chi connectivity index (χ1v) is 13.9. The fraction of sp³-hybridized carbons (Fsp3) is 0.379. The minimum absolute atomic E-state index is 0.0458. The molecule has 0 N–H and O–H groups in total. The number of allylic oxidation sites excluding steroid dienone is 1. The molecule has 0 spiro atoms. The maximum absolute atomic E-state index is 13.3. The number of aliphatic imine (C=N–C) groups is 1. The average molecular weight is 537 g/mol. The van der Waals surface area contributed by atoms with Gasteiger partial charge in [-0.05, 0) is 93.1 Å². The second-order valence-electron chi connectivity index (χ2n) is 10.1. The predicted molar refractivity (Wildman–Crippen MR) is 157 cm³/mol. The van der Waals surface area contributed by atoms with E-state index in [4.69, 9.17) is 21.3 Å². The van der Waals surface area contributed by atoms with Gasteiger partial charge in [-0.2, -0.15) is 0 Å². The van der Waals surface area contributed by atoms with Gasteiger partial charge in [0.25, 0.3) is 5.91 Å². The number of halogens is 1. The number of hydrogen-bond donors (Lipinski definition) is 0. The third-order valence-corrected chi connectivity index (χ3v) is 8.61. The Balaban J connectivity index is 1.42. The molecule has 37 heavy (non-hydrogen) atoms. The van der Waals surface area contributed by atoms with Crippen molar-refractivity contribution in [2.75, 3.05) is 49.7 Å². The average Bonchev–Trinajstić information content (AvgIpc) is 3.17. The summed E-state index contributed by atoms with van der Waals surface area (Å²) in [4.78, 5) is 25.0.